The molecule has 1 heterocycles. The Hall–Kier alpha value is -0.940. The maximum atomic E-state index is 2.97. The quantitative estimate of drug-likeness (QED) is 0.459. The van der Waals surface area contributed by atoms with Gasteiger partial charge < -0.3 is 4.90 Å². The minimum Gasteiger partial charge on any atom is -0.348 e. The lowest BCUT2D eigenvalue weighted by Crippen LogP contribution is -2.07. The van der Waals surface area contributed by atoms with Crippen LogP contribution in [0.3, 0.4) is 0 Å². The Kier molecular flexibility index (Phi) is 1.55. The van der Waals surface area contributed by atoms with E-state index >= 15 is 0 Å². The lowest BCUT2D eigenvalue weighted by atomic mass is 10.4. The Morgan fingerprint density at radius 3 is 2.88 bits per heavy atom. The molecule has 0 aromatic heterocycles. The van der Waals surface area contributed by atoms with Crippen molar-refractivity contribution in [1.29, 1.82) is 0 Å². The van der Waals surface area contributed by atoms with E-state index in [1.807, 2.05) is 24.6 Å². The molecule has 0 spiro atoms. The summed E-state index contributed by atoms with van der Waals surface area (Å²) in [5.74, 6) is 0. The van der Waals surface area contributed by atoms with Gasteiger partial charge in [-0.2, -0.15) is 0 Å². The van der Waals surface area contributed by atoms with Crippen LogP contribution in [0.5, 0.6) is 0 Å². The van der Waals surface area contributed by atoms with Gasteiger partial charge in [0.25, 0.3) is 0 Å². The molecule has 0 unspecified atom stereocenters. The molecule has 0 atom stereocenters. The van der Waals surface area contributed by atoms with E-state index in [4.69, 9.17) is 0 Å². The van der Waals surface area contributed by atoms with Crippen LogP contribution >= 0.6 is 0 Å². The summed E-state index contributed by atoms with van der Waals surface area (Å²) in [6, 6.07) is 0. The van der Waals surface area contributed by atoms with Gasteiger partial charge in [0.2, 0.25) is 0 Å². The van der Waals surface area contributed by atoms with Crippen LogP contribution in [-0.2, 0) is 0 Å². The number of hydrogen-bond donors (Lipinski definition) is 0. The van der Waals surface area contributed by atoms with E-state index < -0.39 is 0 Å². The second-order valence-electron chi connectivity index (χ2n) is 1.63. The average Bonchev–Trinajstić information content (AvgIpc) is 1.90. The highest BCUT2D eigenvalue weighted by Gasteiger charge is 1.86. The molecule has 1 aliphatic heterocycles. The summed E-state index contributed by atoms with van der Waals surface area (Å²) in [7, 11) is 0. The first-order valence-corrected chi connectivity index (χ1v) is 2.78. The Morgan fingerprint density at radius 2 is 2.50 bits per heavy atom. The SMILES string of the molecule is CCN1C=C=CC=C1. The van der Waals surface area contributed by atoms with Crippen LogP contribution in [0.15, 0.2) is 30.3 Å². The maximum absolute atomic E-state index is 2.97. The normalized spacial score (nSPS) is 15.4. The molecule has 8 heavy (non-hydrogen) atoms. The van der Waals surface area contributed by atoms with Gasteiger partial charge in [-0.1, -0.05) is 0 Å². The molecule has 0 aromatic carbocycles. The fourth-order valence-electron chi connectivity index (χ4n) is 0.588. The molecule has 0 saturated heterocycles. The lowest BCUT2D eigenvalue weighted by Gasteiger charge is -2.10. The van der Waals surface area contributed by atoms with Crippen LogP contribution in [0.4, 0.5) is 0 Å². The molecule has 1 heteroatoms. The summed E-state index contributed by atoms with van der Waals surface area (Å²) in [4.78, 5) is 2.07. The van der Waals surface area contributed by atoms with Crippen molar-refractivity contribution in [3.05, 3.63) is 30.3 Å². The minimum atomic E-state index is 1.03. The van der Waals surface area contributed by atoms with Crippen LogP contribution in [-0.4, -0.2) is 11.4 Å². The third kappa shape index (κ3) is 1.02. The fourth-order valence-corrected chi connectivity index (χ4v) is 0.588. The summed E-state index contributed by atoms with van der Waals surface area (Å²) >= 11 is 0. The zero-order valence-corrected chi connectivity index (χ0v) is 4.96. The van der Waals surface area contributed by atoms with E-state index in [0.29, 0.717) is 0 Å². The third-order valence-electron chi connectivity index (χ3n) is 1.08. The highest BCUT2D eigenvalue weighted by atomic mass is 15.1. The van der Waals surface area contributed by atoms with Gasteiger partial charge in [0.05, 0.1) is 0 Å². The van der Waals surface area contributed by atoms with Gasteiger partial charge in [0, 0.05) is 18.9 Å². The summed E-state index contributed by atoms with van der Waals surface area (Å²) in [5, 5.41) is 0. The second-order valence-corrected chi connectivity index (χ2v) is 1.63. The molecule has 0 N–H and O–H groups in total. The Labute approximate surface area is 49.6 Å². The van der Waals surface area contributed by atoms with E-state index in [0.717, 1.165) is 6.54 Å². The zero-order valence-electron chi connectivity index (χ0n) is 4.96. The molecule has 0 aromatic rings. The van der Waals surface area contributed by atoms with Crippen LogP contribution < -0.4 is 0 Å². The molecule has 0 radical (unpaired) electrons. The summed E-state index contributed by atoms with van der Waals surface area (Å²) in [6.45, 7) is 3.13. The summed E-state index contributed by atoms with van der Waals surface area (Å²) in [6.07, 6.45) is 7.83. The smallest absolute Gasteiger partial charge is 0.0463 e. The molecule has 0 fully saturated rings. The van der Waals surface area contributed by atoms with E-state index in [9.17, 15) is 0 Å². The molecule has 1 rings (SSSR count). The third-order valence-corrected chi connectivity index (χ3v) is 1.08. The Balaban J connectivity index is 2.62. The molecule has 0 saturated carbocycles. The highest BCUT2D eigenvalue weighted by Crippen LogP contribution is 1.93. The van der Waals surface area contributed by atoms with E-state index in [1.54, 1.807) is 0 Å². The van der Waals surface area contributed by atoms with E-state index in [-0.39, 0.29) is 0 Å². The van der Waals surface area contributed by atoms with Gasteiger partial charge in [0.1, 0.15) is 0 Å². The lowest BCUT2D eigenvalue weighted by molar-refractivity contribution is 0.535. The van der Waals surface area contributed by atoms with Crippen molar-refractivity contribution < 1.29 is 0 Å². The van der Waals surface area contributed by atoms with Gasteiger partial charge in [-0.25, -0.2) is 0 Å². The van der Waals surface area contributed by atoms with Gasteiger partial charge in [-0.3, -0.25) is 0 Å². The first kappa shape index (κ1) is 5.20. The van der Waals surface area contributed by atoms with Gasteiger partial charge >= 0.3 is 0 Å². The number of hydrogen-bond acceptors (Lipinski definition) is 1. The van der Waals surface area contributed by atoms with Crippen molar-refractivity contribution in [2.75, 3.05) is 6.54 Å². The van der Waals surface area contributed by atoms with Crippen molar-refractivity contribution in [3.8, 4) is 0 Å². The number of allylic oxidation sites excluding steroid dienone is 2. The van der Waals surface area contributed by atoms with Crippen molar-refractivity contribution in [2.24, 2.45) is 0 Å². The molecular weight excluding hydrogens is 98.1 g/mol. The Morgan fingerprint density at radius 1 is 1.62 bits per heavy atom. The van der Waals surface area contributed by atoms with Crippen molar-refractivity contribution >= 4 is 0 Å². The number of rotatable bonds is 1. The van der Waals surface area contributed by atoms with Crippen molar-refractivity contribution in [1.82, 2.24) is 4.90 Å². The number of nitrogens with zero attached hydrogens (tertiary/aromatic N) is 1. The predicted molar refractivity (Wildman–Crippen MR) is 34.2 cm³/mol. The van der Waals surface area contributed by atoms with Crippen molar-refractivity contribution in [3.63, 3.8) is 0 Å². The zero-order chi connectivity index (χ0) is 5.82. The van der Waals surface area contributed by atoms with Crippen molar-refractivity contribution in [2.45, 2.75) is 6.92 Å². The van der Waals surface area contributed by atoms with Crippen LogP contribution in [0.2, 0.25) is 0 Å². The largest absolute Gasteiger partial charge is 0.348 e. The first-order valence-electron chi connectivity index (χ1n) is 2.78. The van der Waals surface area contributed by atoms with Gasteiger partial charge in [-0.15, -0.1) is 5.73 Å². The van der Waals surface area contributed by atoms with Gasteiger partial charge in [0.15, 0.2) is 0 Å². The van der Waals surface area contributed by atoms with Crippen LogP contribution in [0, 0.1) is 0 Å². The minimum absolute atomic E-state index is 1.03. The second kappa shape index (κ2) is 2.39. The first-order chi connectivity index (χ1) is 3.93. The monoisotopic (exact) mass is 107 g/mol. The predicted octanol–water partition coefficient (Wildman–Crippen LogP) is 1.50. The highest BCUT2D eigenvalue weighted by molar-refractivity contribution is 5.08. The average molecular weight is 107 g/mol. The molecule has 0 bridgehead atoms. The molecule has 1 aliphatic rings. The van der Waals surface area contributed by atoms with Crippen LogP contribution in [0.1, 0.15) is 6.92 Å². The van der Waals surface area contributed by atoms with E-state index in [1.165, 1.54) is 0 Å². The maximum Gasteiger partial charge on any atom is 0.0463 e. The molecule has 0 aliphatic carbocycles. The molecule has 1 nitrogen and oxygen atoms in total. The fraction of sp³-hybridized carbons (Fsp3) is 0.286. The standard InChI is InChI=1S/C7H9N/c1-2-8-6-4-3-5-7-8/h3-4,6-7H,2H2,1H3. The van der Waals surface area contributed by atoms with Crippen LogP contribution in [0.25, 0.3) is 0 Å². The Bertz CT molecular complexity index is 150. The molecule has 0 amide bonds. The molecular formula is C7H9N. The molecule has 42 valence electrons. The summed E-state index contributed by atoms with van der Waals surface area (Å²) in [5.41, 5.74) is 2.97. The van der Waals surface area contributed by atoms with E-state index in [2.05, 4.69) is 17.6 Å². The van der Waals surface area contributed by atoms with Gasteiger partial charge in [-0.05, 0) is 19.1 Å². The topological polar surface area (TPSA) is 3.24 Å². The summed E-state index contributed by atoms with van der Waals surface area (Å²) < 4.78 is 0.